The van der Waals surface area contributed by atoms with E-state index < -0.39 is 23.6 Å². The zero-order valence-electron chi connectivity index (χ0n) is 17.8. The molecule has 0 spiro atoms. The fourth-order valence-corrected chi connectivity index (χ4v) is 3.58. The number of carboxylic acid groups (broad SMARTS) is 1. The third kappa shape index (κ3) is 5.52. The van der Waals surface area contributed by atoms with E-state index in [4.69, 9.17) is 9.84 Å². The second-order valence-electron chi connectivity index (χ2n) is 7.89. The van der Waals surface area contributed by atoms with Crippen molar-refractivity contribution in [1.29, 1.82) is 0 Å². The number of urea groups is 1. The van der Waals surface area contributed by atoms with Crippen LogP contribution < -0.4 is 4.74 Å². The number of rotatable bonds is 8. The Bertz CT molecular complexity index is 945. The van der Waals surface area contributed by atoms with Gasteiger partial charge in [-0.05, 0) is 42.3 Å². The van der Waals surface area contributed by atoms with Crippen molar-refractivity contribution in [3.05, 3.63) is 65.2 Å². The lowest BCUT2D eigenvalue weighted by molar-refractivity contribution is -0.138. The van der Waals surface area contributed by atoms with E-state index in [1.54, 1.807) is 48.0 Å². The van der Waals surface area contributed by atoms with Gasteiger partial charge in [0.2, 0.25) is 0 Å². The molecular formula is C23H25F3N2O4. The second-order valence-corrected chi connectivity index (χ2v) is 7.89. The van der Waals surface area contributed by atoms with Crippen molar-refractivity contribution in [3.8, 4) is 5.75 Å². The molecule has 1 N–H and O–H groups in total. The number of aliphatic carboxylic acids is 1. The van der Waals surface area contributed by atoms with Gasteiger partial charge in [-0.3, -0.25) is 4.79 Å². The van der Waals surface area contributed by atoms with Gasteiger partial charge in [-0.1, -0.05) is 24.3 Å². The summed E-state index contributed by atoms with van der Waals surface area (Å²) in [6.07, 6.45) is -3.80. The van der Waals surface area contributed by atoms with Gasteiger partial charge in [0.05, 0.1) is 24.1 Å². The molecule has 2 amide bonds. The molecule has 172 valence electrons. The fraction of sp³-hybridized carbons (Fsp3) is 0.391. The number of halogens is 3. The molecular weight excluding hydrogens is 425 g/mol. The molecule has 2 atom stereocenters. The van der Waals surface area contributed by atoms with Crippen LogP contribution in [0.1, 0.15) is 36.0 Å². The zero-order chi connectivity index (χ0) is 23.5. The summed E-state index contributed by atoms with van der Waals surface area (Å²) in [6, 6.07) is 11.4. The van der Waals surface area contributed by atoms with Crippen molar-refractivity contribution < 1.29 is 32.6 Å². The normalized spacial score (nSPS) is 17.5. The van der Waals surface area contributed by atoms with Crippen molar-refractivity contribution in [3.63, 3.8) is 0 Å². The first-order valence-corrected chi connectivity index (χ1v) is 10.2. The first-order chi connectivity index (χ1) is 15.1. The van der Waals surface area contributed by atoms with E-state index in [9.17, 15) is 22.8 Å². The number of carbonyl (C=O) groups excluding carboxylic acids is 1. The summed E-state index contributed by atoms with van der Waals surface area (Å²) in [5.74, 6) is -0.883. The summed E-state index contributed by atoms with van der Waals surface area (Å²) in [6.45, 7) is 2.67. The van der Waals surface area contributed by atoms with Gasteiger partial charge in [-0.15, -0.1) is 0 Å². The highest BCUT2D eigenvalue weighted by Crippen LogP contribution is 2.29. The fourth-order valence-electron chi connectivity index (χ4n) is 3.58. The van der Waals surface area contributed by atoms with Crippen molar-refractivity contribution in [2.45, 2.75) is 38.0 Å². The molecule has 1 saturated heterocycles. The number of ether oxygens (including phenoxy) is 1. The Balaban J connectivity index is 1.51. The number of hydrogen-bond acceptors (Lipinski definition) is 3. The van der Waals surface area contributed by atoms with Crippen molar-refractivity contribution >= 4 is 12.0 Å². The smallest absolute Gasteiger partial charge is 0.416 e. The molecule has 3 rings (SSSR count). The maximum atomic E-state index is 12.7. The third-order valence-corrected chi connectivity index (χ3v) is 5.68. The molecule has 1 aliphatic heterocycles. The summed E-state index contributed by atoms with van der Waals surface area (Å²) in [5, 5.41) is 9.06. The monoisotopic (exact) mass is 450 g/mol. The SMILES string of the molecule is CC(C(=O)O)c1ccc(OCCC2CN(Cc3ccc(C(F)(F)F)cc3)C(=O)N2C)cc1. The number of amides is 2. The summed E-state index contributed by atoms with van der Waals surface area (Å²) in [5.41, 5.74) is 0.601. The van der Waals surface area contributed by atoms with E-state index in [0.29, 0.717) is 36.4 Å². The Morgan fingerprint density at radius 3 is 2.34 bits per heavy atom. The zero-order valence-corrected chi connectivity index (χ0v) is 17.8. The molecule has 2 unspecified atom stereocenters. The number of benzene rings is 2. The number of carbonyl (C=O) groups is 2. The van der Waals surface area contributed by atoms with Gasteiger partial charge < -0.3 is 19.6 Å². The summed E-state index contributed by atoms with van der Waals surface area (Å²) >= 11 is 0. The topological polar surface area (TPSA) is 70.1 Å². The molecule has 1 fully saturated rings. The minimum Gasteiger partial charge on any atom is -0.494 e. The predicted molar refractivity (Wildman–Crippen MR) is 111 cm³/mol. The van der Waals surface area contributed by atoms with E-state index in [1.165, 1.54) is 12.1 Å². The van der Waals surface area contributed by atoms with E-state index in [2.05, 4.69) is 0 Å². The first-order valence-electron chi connectivity index (χ1n) is 10.2. The predicted octanol–water partition coefficient (Wildman–Crippen LogP) is 4.60. The molecule has 0 saturated carbocycles. The summed E-state index contributed by atoms with van der Waals surface area (Å²) in [7, 11) is 1.70. The Morgan fingerprint density at radius 1 is 1.16 bits per heavy atom. The maximum absolute atomic E-state index is 12.7. The van der Waals surface area contributed by atoms with E-state index in [0.717, 1.165) is 12.1 Å². The second kappa shape index (κ2) is 9.50. The Hall–Kier alpha value is -3.23. The van der Waals surface area contributed by atoms with Crippen LogP contribution in [0.4, 0.5) is 18.0 Å². The standard InChI is InChI=1S/C23H25F3N2O4/c1-15(21(29)30)17-5-9-20(10-6-17)32-12-11-19-14-28(22(31)27(19)2)13-16-3-7-18(8-4-16)23(24,25)26/h3-10,15,19H,11-14H2,1-2H3,(H,29,30). The van der Waals surface area contributed by atoms with Gasteiger partial charge >= 0.3 is 18.2 Å². The number of nitrogens with zero attached hydrogens (tertiary/aromatic N) is 2. The van der Waals surface area contributed by atoms with Crippen LogP contribution in [-0.4, -0.2) is 53.1 Å². The number of carboxylic acids is 1. The number of hydrogen-bond donors (Lipinski definition) is 1. The molecule has 2 aromatic rings. The molecule has 32 heavy (non-hydrogen) atoms. The average molecular weight is 450 g/mol. The van der Waals surface area contributed by atoms with Gasteiger partial charge in [0.15, 0.2) is 0 Å². The molecule has 0 aromatic heterocycles. The van der Waals surface area contributed by atoms with Crippen molar-refractivity contribution in [2.75, 3.05) is 20.2 Å². The van der Waals surface area contributed by atoms with E-state index >= 15 is 0 Å². The number of alkyl halides is 3. The minimum atomic E-state index is -4.39. The van der Waals surface area contributed by atoms with Crippen LogP contribution in [0.15, 0.2) is 48.5 Å². The number of likely N-dealkylation sites (N-methyl/N-ethyl adjacent to an activating group) is 1. The molecule has 1 aliphatic rings. The molecule has 6 nitrogen and oxygen atoms in total. The molecule has 2 aromatic carbocycles. The van der Waals surface area contributed by atoms with E-state index in [-0.39, 0.29) is 18.6 Å². The lowest BCUT2D eigenvalue weighted by Gasteiger charge is -2.18. The average Bonchev–Trinajstić information content (AvgIpc) is 3.01. The molecule has 0 radical (unpaired) electrons. The Labute approximate surface area is 184 Å². The van der Waals surface area contributed by atoms with Crippen LogP contribution >= 0.6 is 0 Å². The highest BCUT2D eigenvalue weighted by Gasteiger charge is 2.34. The van der Waals surface area contributed by atoms with Crippen LogP contribution in [0.3, 0.4) is 0 Å². The molecule has 0 bridgehead atoms. The lowest BCUT2D eigenvalue weighted by Crippen LogP contribution is -2.31. The molecule has 1 heterocycles. The van der Waals surface area contributed by atoms with Crippen LogP contribution in [0.5, 0.6) is 5.75 Å². The lowest BCUT2D eigenvalue weighted by atomic mass is 10.0. The molecule has 0 aliphatic carbocycles. The summed E-state index contributed by atoms with van der Waals surface area (Å²) in [4.78, 5) is 26.8. The van der Waals surface area contributed by atoms with Gasteiger partial charge in [0, 0.05) is 26.6 Å². The van der Waals surface area contributed by atoms with Crippen LogP contribution in [0, 0.1) is 0 Å². The van der Waals surface area contributed by atoms with Crippen LogP contribution in [0.2, 0.25) is 0 Å². The maximum Gasteiger partial charge on any atom is 0.416 e. The largest absolute Gasteiger partial charge is 0.494 e. The van der Waals surface area contributed by atoms with E-state index in [1.807, 2.05) is 0 Å². The third-order valence-electron chi connectivity index (χ3n) is 5.68. The van der Waals surface area contributed by atoms with Crippen molar-refractivity contribution in [1.82, 2.24) is 9.80 Å². The quantitative estimate of drug-likeness (QED) is 0.638. The van der Waals surface area contributed by atoms with Gasteiger partial charge in [0.25, 0.3) is 0 Å². The van der Waals surface area contributed by atoms with Gasteiger partial charge in [0.1, 0.15) is 5.75 Å². The molecule has 9 heteroatoms. The van der Waals surface area contributed by atoms with Gasteiger partial charge in [-0.25, -0.2) is 4.79 Å². The Morgan fingerprint density at radius 2 is 1.78 bits per heavy atom. The summed E-state index contributed by atoms with van der Waals surface area (Å²) < 4.78 is 43.9. The Kier molecular flexibility index (Phi) is 6.96. The minimum absolute atomic E-state index is 0.0803. The van der Waals surface area contributed by atoms with Crippen LogP contribution in [0.25, 0.3) is 0 Å². The van der Waals surface area contributed by atoms with Crippen molar-refractivity contribution in [2.24, 2.45) is 0 Å². The first kappa shape index (κ1) is 23.4. The highest BCUT2D eigenvalue weighted by atomic mass is 19.4. The van der Waals surface area contributed by atoms with Gasteiger partial charge in [-0.2, -0.15) is 13.2 Å². The van der Waals surface area contributed by atoms with Crippen LogP contribution in [-0.2, 0) is 17.5 Å². The highest BCUT2D eigenvalue weighted by molar-refractivity contribution is 5.77.